The third kappa shape index (κ3) is 5.85. The molecule has 0 saturated carbocycles. The van der Waals surface area contributed by atoms with Gasteiger partial charge in [0.15, 0.2) is 0 Å². The van der Waals surface area contributed by atoms with Crippen molar-refractivity contribution in [2.24, 2.45) is 5.41 Å². The molecule has 0 bridgehead atoms. The van der Waals surface area contributed by atoms with Gasteiger partial charge in [0.05, 0.1) is 6.10 Å². The van der Waals surface area contributed by atoms with E-state index >= 15 is 0 Å². The first-order valence-electron chi connectivity index (χ1n) is 18.0. The number of methoxy groups -OCH3 is 1. The fraction of sp³-hybridized carbons (Fsp3) is 0.289. The Morgan fingerprint density at radius 1 is 0.592 bits per heavy atom. The number of ether oxygens (including phenoxy) is 1. The fourth-order valence-electron chi connectivity index (χ4n) is 8.53. The van der Waals surface area contributed by atoms with E-state index in [0.29, 0.717) is 13.2 Å². The van der Waals surface area contributed by atoms with Gasteiger partial charge in [-0.2, -0.15) is 0 Å². The Morgan fingerprint density at radius 2 is 1.00 bits per heavy atom. The lowest BCUT2D eigenvalue weighted by atomic mass is 9.72. The number of fused-ring (bicyclic) bond motifs is 7. The van der Waals surface area contributed by atoms with E-state index in [1.807, 2.05) is 7.11 Å². The minimum absolute atomic E-state index is 0.0618. The third-order valence-corrected chi connectivity index (χ3v) is 14.2. The molecule has 0 fully saturated rings. The summed E-state index contributed by atoms with van der Waals surface area (Å²) in [6, 6.07) is 37.9. The molecule has 2 unspecified atom stereocenters. The van der Waals surface area contributed by atoms with E-state index in [4.69, 9.17) is 13.6 Å². The van der Waals surface area contributed by atoms with Gasteiger partial charge in [-0.15, -0.1) is 0 Å². The van der Waals surface area contributed by atoms with Gasteiger partial charge < -0.3 is 13.6 Å². The monoisotopic (exact) mass is 662 g/mol. The average molecular weight is 663 g/mol. The molecule has 8 rings (SSSR count). The lowest BCUT2D eigenvalue weighted by molar-refractivity contribution is 0.0170. The Bertz CT molecular complexity index is 2510. The van der Waals surface area contributed by atoms with Crippen LogP contribution in [0.3, 0.4) is 0 Å². The lowest BCUT2D eigenvalue weighted by Crippen LogP contribution is -2.44. The standard InChI is InChI=1S/C45H46O3Si/c1-6-45(44(46-4)14-16-49(5,47-7-2)48-8-3)15-13-32-19-35-22-38-25-39-23-36-20-33-17-30-11-9-10-12-31(30)18-34(33)21-37(36)24-40(39)26-41(38)27-42(35)28-43(32)29-45/h9-13,17-29,44H,6-8,14-16H2,1-5H3. The summed E-state index contributed by atoms with van der Waals surface area (Å²) < 4.78 is 18.6. The van der Waals surface area contributed by atoms with Gasteiger partial charge in [0.1, 0.15) is 0 Å². The highest BCUT2D eigenvalue weighted by molar-refractivity contribution is 6.66. The van der Waals surface area contributed by atoms with Crippen LogP contribution in [0.4, 0.5) is 0 Å². The number of hydrogen-bond donors (Lipinski definition) is 0. The maximum absolute atomic E-state index is 6.27. The van der Waals surface area contributed by atoms with Crippen molar-refractivity contribution in [2.75, 3.05) is 20.3 Å². The predicted molar refractivity (Wildman–Crippen MR) is 212 cm³/mol. The van der Waals surface area contributed by atoms with Gasteiger partial charge in [-0.05, 0) is 194 Å². The zero-order valence-electron chi connectivity index (χ0n) is 29.4. The maximum atomic E-state index is 6.27. The van der Waals surface area contributed by atoms with Gasteiger partial charge in [0.2, 0.25) is 0 Å². The van der Waals surface area contributed by atoms with E-state index in [0.717, 1.165) is 25.3 Å². The lowest BCUT2D eigenvalue weighted by Gasteiger charge is -2.39. The molecule has 7 aromatic carbocycles. The van der Waals surface area contributed by atoms with Crippen molar-refractivity contribution >= 4 is 85.3 Å². The Labute approximate surface area is 290 Å². The van der Waals surface area contributed by atoms with E-state index < -0.39 is 8.56 Å². The summed E-state index contributed by atoms with van der Waals surface area (Å²) in [6.07, 6.45) is 7.97. The normalized spacial score (nSPS) is 17.2. The summed E-state index contributed by atoms with van der Waals surface area (Å²) in [5.41, 5.74) is -0.0618. The molecule has 0 amide bonds. The van der Waals surface area contributed by atoms with Crippen molar-refractivity contribution in [3.8, 4) is 0 Å². The molecular formula is C45H46O3Si. The van der Waals surface area contributed by atoms with Crippen LogP contribution >= 0.6 is 0 Å². The third-order valence-electron chi connectivity index (χ3n) is 11.2. The first-order valence-corrected chi connectivity index (χ1v) is 20.6. The van der Waals surface area contributed by atoms with Crippen LogP contribution in [0, 0.1) is 5.41 Å². The molecular weight excluding hydrogens is 617 g/mol. The number of rotatable bonds is 10. The molecule has 248 valence electrons. The maximum Gasteiger partial charge on any atom is 0.335 e. The number of hydrogen-bond acceptors (Lipinski definition) is 3. The van der Waals surface area contributed by atoms with E-state index in [1.54, 1.807) is 0 Å². The first kappa shape index (κ1) is 32.2. The summed E-state index contributed by atoms with van der Waals surface area (Å²) in [6.45, 7) is 10.0. The Morgan fingerprint density at radius 3 is 1.41 bits per heavy atom. The molecule has 1 aliphatic rings. The minimum atomic E-state index is -2.23. The minimum Gasteiger partial charge on any atom is -0.395 e. The molecule has 0 N–H and O–H groups in total. The molecule has 0 saturated heterocycles. The van der Waals surface area contributed by atoms with Gasteiger partial charge in [-0.25, -0.2) is 0 Å². The summed E-state index contributed by atoms with van der Waals surface area (Å²) in [4.78, 5) is 0. The van der Waals surface area contributed by atoms with Crippen molar-refractivity contribution < 1.29 is 13.6 Å². The van der Waals surface area contributed by atoms with Crippen LogP contribution in [0.15, 0.2) is 97.1 Å². The van der Waals surface area contributed by atoms with Gasteiger partial charge >= 0.3 is 8.56 Å². The highest BCUT2D eigenvalue weighted by Gasteiger charge is 2.39. The average Bonchev–Trinajstić information content (AvgIpc) is 3.10. The van der Waals surface area contributed by atoms with E-state index in [2.05, 4.69) is 137 Å². The summed E-state index contributed by atoms with van der Waals surface area (Å²) in [7, 11) is -0.362. The van der Waals surface area contributed by atoms with E-state index in [-0.39, 0.29) is 11.5 Å². The van der Waals surface area contributed by atoms with Crippen molar-refractivity contribution in [2.45, 2.75) is 58.7 Å². The summed E-state index contributed by atoms with van der Waals surface area (Å²) in [5.74, 6) is 0. The Balaban J connectivity index is 1.19. The summed E-state index contributed by atoms with van der Waals surface area (Å²) >= 11 is 0. The smallest absolute Gasteiger partial charge is 0.335 e. The van der Waals surface area contributed by atoms with Gasteiger partial charge in [0.25, 0.3) is 0 Å². The van der Waals surface area contributed by atoms with Crippen molar-refractivity contribution in [3.05, 3.63) is 107 Å². The van der Waals surface area contributed by atoms with Gasteiger partial charge in [-0.3, -0.25) is 0 Å². The molecule has 49 heavy (non-hydrogen) atoms. The molecule has 0 spiro atoms. The highest BCUT2D eigenvalue weighted by Crippen LogP contribution is 2.40. The van der Waals surface area contributed by atoms with Gasteiger partial charge in [-0.1, -0.05) is 43.3 Å². The van der Waals surface area contributed by atoms with Crippen molar-refractivity contribution in [1.29, 1.82) is 0 Å². The van der Waals surface area contributed by atoms with Crippen LogP contribution in [-0.2, 0) is 13.6 Å². The molecule has 4 heteroatoms. The Hall–Kier alpha value is -4.06. The zero-order chi connectivity index (χ0) is 33.8. The fourth-order valence-corrected chi connectivity index (χ4v) is 10.9. The number of benzene rings is 7. The van der Waals surface area contributed by atoms with Crippen LogP contribution in [0.1, 0.15) is 40.0 Å². The SMILES string of the molecule is CCO[Si](C)(CCC(OC)C1(CC)C=c2cc3cc4cc5cc6cc7cc8ccccc8cc7cc6cc5cc4cc3cc2=CC1)OCC. The first-order chi connectivity index (χ1) is 23.8. The largest absolute Gasteiger partial charge is 0.395 e. The second kappa shape index (κ2) is 12.7. The zero-order valence-corrected chi connectivity index (χ0v) is 30.4. The quantitative estimate of drug-likeness (QED) is 0.108. The molecule has 3 nitrogen and oxygen atoms in total. The highest BCUT2D eigenvalue weighted by atomic mass is 28.4. The molecule has 0 aliphatic heterocycles. The van der Waals surface area contributed by atoms with Crippen LogP contribution in [-0.4, -0.2) is 35.0 Å². The molecule has 7 aromatic rings. The van der Waals surface area contributed by atoms with Crippen LogP contribution < -0.4 is 10.4 Å². The topological polar surface area (TPSA) is 27.7 Å². The molecule has 1 aliphatic carbocycles. The second-order valence-electron chi connectivity index (χ2n) is 14.2. The van der Waals surface area contributed by atoms with Crippen molar-refractivity contribution in [3.63, 3.8) is 0 Å². The van der Waals surface area contributed by atoms with Gasteiger partial charge in [0, 0.05) is 25.7 Å². The van der Waals surface area contributed by atoms with Crippen molar-refractivity contribution in [1.82, 2.24) is 0 Å². The van der Waals surface area contributed by atoms with E-state index in [1.165, 1.54) is 75.1 Å². The predicted octanol–water partition coefficient (Wildman–Crippen LogP) is 10.5. The molecule has 0 aromatic heterocycles. The second-order valence-corrected chi connectivity index (χ2v) is 17.6. The van der Waals surface area contributed by atoms with Crippen LogP contribution in [0.25, 0.3) is 76.8 Å². The molecule has 0 heterocycles. The van der Waals surface area contributed by atoms with Crippen LogP contribution in [0.5, 0.6) is 0 Å². The Kier molecular flexibility index (Phi) is 8.32. The van der Waals surface area contributed by atoms with Crippen LogP contribution in [0.2, 0.25) is 12.6 Å². The molecule has 2 atom stereocenters. The van der Waals surface area contributed by atoms with E-state index in [9.17, 15) is 0 Å². The summed E-state index contributed by atoms with van der Waals surface area (Å²) in [5, 5.41) is 18.0. The molecule has 0 radical (unpaired) electrons.